The van der Waals surface area contributed by atoms with Gasteiger partial charge in [-0.25, -0.2) is 0 Å². The van der Waals surface area contributed by atoms with Gasteiger partial charge in [0.2, 0.25) is 0 Å². The average Bonchev–Trinajstić information content (AvgIpc) is 3.29. The average molecular weight is 399 g/mol. The second kappa shape index (κ2) is 17.4. The SMILES string of the molecule is O=C([O-])c1cc[nH]c1.O=C([O-])c1cc[nH]c1.O=C([O-])c1cc[nH]c1.[Na+].[Na+].[Na+]. The van der Waals surface area contributed by atoms with Gasteiger partial charge in [-0.15, -0.1) is 0 Å². The summed E-state index contributed by atoms with van der Waals surface area (Å²) >= 11 is 0. The fraction of sp³-hybridized carbons (Fsp3) is 0. The van der Waals surface area contributed by atoms with Crippen molar-refractivity contribution in [1.29, 1.82) is 0 Å². The third kappa shape index (κ3) is 13.1. The van der Waals surface area contributed by atoms with Gasteiger partial charge < -0.3 is 44.7 Å². The van der Waals surface area contributed by atoms with Crippen LogP contribution in [0.2, 0.25) is 0 Å². The number of nitrogens with one attached hydrogen (secondary N) is 3. The van der Waals surface area contributed by atoms with Crippen LogP contribution in [0.15, 0.2) is 55.4 Å². The number of carboxylic acids is 3. The predicted octanol–water partition coefficient (Wildman–Crippen LogP) is -10.9. The Balaban J connectivity index is -0.000000303. The zero-order valence-electron chi connectivity index (χ0n) is 15.1. The summed E-state index contributed by atoms with van der Waals surface area (Å²) in [6.07, 6.45) is 8.71. The van der Waals surface area contributed by atoms with E-state index in [4.69, 9.17) is 0 Å². The fourth-order valence-corrected chi connectivity index (χ4v) is 1.35. The summed E-state index contributed by atoms with van der Waals surface area (Å²) in [6.45, 7) is 0. The van der Waals surface area contributed by atoms with Crippen molar-refractivity contribution < 1.29 is 118 Å². The minimum absolute atomic E-state index is 0. The molecule has 0 aliphatic heterocycles. The van der Waals surface area contributed by atoms with Crippen LogP contribution < -0.4 is 104 Å². The van der Waals surface area contributed by atoms with E-state index >= 15 is 0 Å². The van der Waals surface area contributed by atoms with E-state index in [-0.39, 0.29) is 105 Å². The van der Waals surface area contributed by atoms with Crippen LogP contribution in [0.4, 0.5) is 0 Å². The third-order valence-corrected chi connectivity index (χ3v) is 2.50. The van der Waals surface area contributed by atoms with Crippen LogP contribution >= 0.6 is 0 Å². The Kier molecular flexibility index (Phi) is 19.9. The molecule has 3 heterocycles. The quantitative estimate of drug-likeness (QED) is 0.370. The van der Waals surface area contributed by atoms with Crippen LogP contribution in [-0.2, 0) is 0 Å². The van der Waals surface area contributed by atoms with E-state index in [1.807, 2.05) is 0 Å². The maximum Gasteiger partial charge on any atom is 1.00 e. The number of hydrogen-bond donors (Lipinski definition) is 3. The molecule has 0 aromatic carbocycles. The molecule has 3 aromatic rings. The fourth-order valence-electron chi connectivity index (χ4n) is 1.35. The molecule has 0 bridgehead atoms. The van der Waals surface area contributed by atoms with Crippen molar-refractivity contribution in [3.05, 3.63) is 72.1 Å². The van der Waals surface area contributed by atoms with Gasteiger partial charge in [-0.1, -0.05) is 0 Å². The minimum Gasteiger partial charge on any atom is -0.545 e. The number of aromatic nitrogens is 3. The second-order valence-corrected chi connectivity index (χ2v) is 4.16. The van der Waals surface area contributed by atoms with E-state index in [2.05, 4.69) is 15.0 Å². The molecular formula is C15H12N3Na3O6. The van der Waals surface area contributed by atoms with E-state index in [0.717, 1.165) is 0 Å². The molecule has 0 aliphatic carbocycles. The number of carbonyl (C=O) groups is 3. The smallest absolute Gasteiger partial charge is 0.545 e. The van der Waals surface area contributed by atoms with Crippen molar-refractivity contribution in [2.75, 3.05) is 0 Å². The van der Waals surface area contributed by atoms with Gasteiger partial charge in [0, 0.05) is 53.9 Å². The molecule has 9 nitrogen and oxygen atoms in total. The number of carboxylic acid groups (broad SMARTS) is 3. The molecule has 0 radical (unpaired) electrons. The van der Waals surface area contributed by atoms with Crippen molar-refractivity contribution in [2.24, 2.45) is 0 Å². The van der Waals surface area contributed by atoms with Crippen molar-refractivity contribution in [3.63, 3.8) is 0 Å². The second-order valence-electron chi connectivity index (χ2n) is 4.16. The van der Waals surface area contributed by atoms with Gasteiger partial charge in [0.05, 0.1) is 17.9 Å². The maximum atomic E-state index is 9.93. The summed E-state index contributed by atoms with van der Waals surface area (Å²) in [5, 5.41) is 29.8. The molecule has 3 rings (SSSR count). The summed E-state index contributed by atoms with van der Waals surface area (Å²) in [5.74, 6) is -3.44. The Hall–Kier alpha value is -0.750. The maximum absolute atomic E-state index is 9.93. The molecule has 126 valence electrons. The minimum atomic E-state index is -1.15. The first kappa shape index (κ1) is 31.0. The van der Waals surface area contributed by atoms with Crippen LogP contribution in [0, 0.1) is 0 Å². The number of aromatic amines is 3. The third-order valence-electron chi connectivity index (χ3n) is 2.50. The summed E-state index contributed by atoms with van der Waals surface area (Å²) in [7, 11) is 0. The molecule has 0 saturated heterocycles. The van der Waals surface area contributed by atoms with Crippen LogP contribution in [-0.4, -0.2) is 32.9 Å². The van der Waals surface area contributed by atoms with Gasteiger partial charge in [-0.05, 0) is 18.2 Å². The number of carbonyl (C=O) groups excluding carboxylic acids is 3. The van der Waals surface area contributed by atoms with Gasteiger partial charge >= 0.3 is 88.7 Å². The Labute approximate surface area is 220 Å². The Morgan fingerprint density at radius 1 is 0.556 bits per heavy atom. The van der Waals surface area contributed by atoms with Gasteiger partial charge in [0.1, 0.15) is 0 Å². The van der Waals surface area contributed by atoms with Crippen LogP contribution in [0.25, 0.3) is 0 Å². The number of aromatic carboxylic acids is 3. The molecule has 0 aliphatic rings. The van der Waals surface area contributed by atoms with Crippen molar-refractivity contribution >= 4 is 17.9 Å². The molecule has 0 unspecified atom stereocenters. The van der Waals surface area contributed by atoms with E-state index in [9.17, 15) is 29.7 Å². The van der Waals surface area contributed by atoms with Crippen LogP contribution in [0.1, 0.15) is 31.1 Å². The zero-order chi connectivity index (χ0) is 17.9. The summed E-state index contributed by atoms with van der Waals surface area (Å²) in [4.78, 5) is 37.6. The van der Waals surface area contributed by atoms with Crippen LogP contribution in [0.3, 0.4) is 0 Å². The summed E-state index contributed by atoms with van der Waals surface area (Å²) < 4.78 is 0. The largest absolute Gasteiger partial charge is 1.00 e. The number of rotatable bonds is 3. The normalized spacial score (nSPS) is 8.00. The molecule has 0 saturated carbocycles. The topological polar surface area (TPSA) is 168 Å². The van der Waals surface area contributed by atoms with Crippen LogP contribution in [0.5, 0.6) is 0 Å². The van der Waals surface area contributed by atoms with Gasteiger partial charge in [-0.3, -0.25) is 0 Å². The predicted molar refractivity (Wildman–Crippen MR) is 75.4 cm³/mol. The Morgan fingerprint density at radius 3 is 0.852 bits per heavy atom. The summed E-state index contributed by atoms with van der Waals surface area (Å²) in [6, 6.07) is 4.32. The first-order chi connectivity index (χ1) is 11.4. The molecule has 0 amide bonds. The molecule has 27 heavy (non-hydrogen) atoms. The Morgan fingerprint density at radius 2 is 0.778 bits per heavy atom. The number of H-pyrrole nitrogens is 3. The molecule has 3 aromatic heterocycles. The number of hydrogen-bond acceptors (Lipinski definition) is 6. The van der Waals surface area contributed by atoms with Crippen molar-refractivity contribution in [3.8, 4) is 0 Å². The monoisotopic (exact) mass is 399 g/mol. The van der Waals surface area contributed by atoms with E-state index < -0.39 is 17.9 Å². The first-order valence-corrected chi connectivity index (χ1v) is 6.44. The van der Waals surface area contributed by atoms with E-state index in [1.165, 1.54) is 55.4 Å². The van der Waals surface area contributed by atoms with Gasteiger partial charge in [0.15, 0.2) is 0 Å². The van der Waals surface area contributed by atoms with Gasteiger partial charge in [0.25, 0.3) is 0 Å². The first-order valence-electron chi connectivity index (χ1n) is 6.44. The van der Waals surface area contributed by atoms with Crippen molar-refractivity contribution in [2.45, 2.75) is 0 Å². The molecule has 12 heteroatoms. The van der Waals surface area contributed by atoms with Gasteiger partial charge in [-0.2, -0.15) is 0 Å². The molecule has 0 fully saturated rings. The molecule has 0 atom stereocenters. The van der Waals surface area contributed by atoms with Crippen molar-refractivity contribution in [1.82, 2.24) is 15.0 Å². The molecular weight excluding hydrogens is 387 g/mol. The standard InChI is InChI=1S/3C5H5NO2.3Na/c3*7-5(8)4-1-2-6-3-4;;;/h3*1-3,6H,(H,7,8);;;/q;;;3*+1/p-3. The molecule has 0 spiro atoms. The molecule has 3 N–H and O–H groups in total. The van der Waals surface area contributed by atoms with E-state index in [1.54, 1.807) is 0 Å². The van der Waals surface area contributed by atoms with E-state index in [0.29, 0.717) is 0 Å². The summed E-state index contributed by atoms with van der Waals surface area (Å²) in [5.41, 5.74) is 0.556. The zero-order valence-corrected chi connectivity index (χ0v) is 21.1. The Bertz CT molecular complexity index is 654.